The first-order valence-corrected chi connectivity index (χ1v) is 27.9. The number of hydrogen-bond donors (Lipinski definition) is 5. The maximum atomic E-state index is 12.2. The molecule has 0 heterocycles. The van der Waals surface area contributed by atoms with Gasteiger partial charge in [-0.2, -0.15) is 0 Å². The topological polar surface area (TPSA) is 172 Å². The highest BCUT2D eigenvalue weighted by molar-refractivity contribution is 6.10. The van der Waals surface area contributed by atoms with E-state index in [4.69, 9.17) is 29.2 Å². The van der Waals surface area contributed by atoms with Crippen molar-refractivity contribution in [1.82, 2.24) is 0 Å². The lowest BCUT2D eigenvalue weighted by Crippen LogP contribution is -1.99. The van der Waals surface area contributed by atoms with Crippen molar-refractivity contribution in [3.8, 4) is 40.2 Å². The second kappa shape index (κ2) is 39.7. The Morgan fingerprint density at radius 3 is 1.28 bits per heavy atom. The van der Waals surface area contributed by atoms with Crippen molar-refractivity contribution < 1.29 is 54.1 Å². The van der Waals surface area contributed by atoms with Crippen LogP contribution in [0.2, 0.25) is 0 Å². The number of ketones is 2. The van der Waals surface area contributed by atoms with E-state index in [1.165, 1.54) is 52.6 Å². The zero-order chi connectivity index (χ0) is 60.8. The number of aliphatic hydroxyl groups excluding tert-OH is 2. The average molecular weight is 1130 g/mol. The Morgan fingerprint density at radius 1 is 0.422 bits per heavy atom. The van der Waals surface area contributed by atoms with Gasteiger partial charge in [-0.1, -0.05) is 131 Å². The number of carbonyl (C=O) groups is 2. The smallest absolute Gasteiger partial charge is 0.193 e. The average Bonchev–Trinajstić information content (AvgIpc) is 3.59. The predicted octanol–water partition coefficient (Wildman–Crippen LogP) is 16.2. The Morgan fingerprint density at radius 2 is 0.831 bits per heavy atom. The van der Waals surface area contributed by atoms with Crippen LogP contribution in [0.25, 0.3) is 12.2 Å². The molecule has 0 aliphatic carbocycles. The lowest BCUT2D eigenvalue weighted by atomic mass is 10.1. The molecule has 6 rings (SSSR count). The van der Waals surface area contributed by atoms with Gasteiger partial charge >= 0.3 is 0 Å². The quantitative estimate of drug-likeness (QED) is 0.0199. The van der Waals surface area contributed by atoms with Crippen LogP contribution in [0.3, 0.4) is 0 Å². The number of aromatic hydroxyl groups is 3. The number of benzene rings is 6. The summed E-state index contributed by atoms with van der Waals surface area (Å²) in [6.07, 6.45) is 21.0. The third-order valence-corrected chi connectivity index (χ3v) is 11.9. The molecule has 5 N–H and O–H groups in total. The van der Waals surface area contributed by atoms with Gasteiger partial charge < -0.3 is 44.5 Å². The van der Waals surface area contributed by atoms with Crippen LogP contribution in [-0.4, -0.2) is 76.7 Å². The predicted molar refractivity (Wildman–Crippen MR) is 339 cm³/mol. The number of rotatable bonds is 26. The van der Waals surface area contributed by atoms with Crippen LogP contribution in [-0.2, 0) is 12.8 Å². The summed E-state index contributed by atoms with van der Waals surface area (Å²) in [5.41, 5.74) is 10.5. The zero-order valence-electron chi connectivity index (χ0n) is 49.9. The molecular formula is C72H86O11. The van der Waals surface area contributed by atoms with E-state index in [0.717, 1.165) is 65.0 Å². The van der Waals surface area contributed by atoms with Crippen molar-refractivity contribution in [1.29, 1.82) is 0 Å². The first-order chi connectivity index (χ1) is 39.9. The van der Waals surface area contributed by atoms with Crippen LogP contribution < -0.4 is 18.9 Å². The molecule has 6 aromatic rings. The first-order valence-electron chi connectivity index (χ1n) is 27.9. The van der Waals surface area contributed by atoms with Crippen molar-refractivity contribution in [3.05, 3.63) is 243 Å². The number of ether oxygens (including phenoxy) is 4. The van der Waals surface area contributed by atoms with Gasteiger partial charge in [0, 0.05) is 31.4 Å². The largest absolute Gasteiger partial charge is 0.507 e. The Bertz CT molecular complexity index is 3050. The summed E-state index contributed by atoms with van der Waals surface area (Å²) in [5.74, 6) is 1.16. The summed E-state index contributed by atoms with van der Waals surface area (Å²) in [5, 5.41) is 47.7. The fraction of sp³-hybridized carbons (Fsp3) is 0.278. The molecule has 0 saturated carbocycles. The summed E-state index contributed by atoms with van der Waals surface area (Å²) in [4.78, 5) is 24.4. The van der Waals surface area contributed by atoms with E-state index in [2.05, 4.69) is 52.8 Å². The maximum absolute atomic E-state index is 12.2. The standard InChI is InChI=1S/C20H20O4.C20H20O3.C18H26O2.C14H20O2/c1-14(2)10-11-24-16-12-18(22)20(19(23)13-16)17(21)9-8-15-6-4-3-5-7-15;1-15(2)12-13-23-17-9-10-18(20(22)14-17)19(21)11-8-16-6-4-3-5-7-16;1-15(2)5-4-6-16(3)12-14-20-18-9-7-17(8-10-18)11-13-19;1-12(2)9-11-16-14-7-5-13(6-8-14)4-3-10-15/h3-10,12-13,22-23H,11H2,1-2H3;3-12,14,22H,13H2,1-2H3;5,7-10,12,19H,4,6,11,13-14H2,1-3H3;5-9,15H,3-4,10-11H2,1-2H3/b9-8+;11-8+;16-12+;. The van der Waals surface area contributed by atoms with Crippen LogP contribution in [0.15, 0.2) is 210 Å². The van der Waals surface area contributed by atoms with Crippen molar-refractivity contribution in [2.24, 2.45) is 0 Å². The number of carbonyl (C=O) groups excluding carboxylic acids is 2. The zero-order valence-corrected chi connectivity index (χ0v) is 49.9. The van der Waals surface area contributed by atoms with Gasteiger partial charge in [-0.05, 0) is 190 Å². The van der Waals surface area contributed by atoms with Gasteiger partial charge in [0.1, 0.15) is 72.2 Å². The van der Waals surface area contributed by atoms with Gasteiger partial charge in [0.05, 0.1) is 5.56 Å². The molecule has 0 aliphatic rings. The fourth-order valence-electron chi connectivity index (χ4n) is 7.18. The van der Waals surface area contributed by atoms with Gasteiger partial charge in [-0.3, -0.25) is 9.59 Å². The minimum Gasteiger partial charge on any atom is -0.507 e. The van der Waals surface area contributed by atoms with Crippen LogP contribution >= 0.6 is 0 Å². The monoisotopic (exact) mass is 1130 g/mol. The SMILES string of the molecule is CC(C)=CCC/C(C)=C/COc1ccc(CCO)cc1.CC(C)=CCOc1cc(O)c(C(=O)/C=C/c2ccccc2)c(O)c1.CC(C)=CCOc1ccc(C(=O)/C=C/c2ccccc2)c(O)c1.CC(C)=CCOc1ccc(CCCO)cc1. The van der Waals surface area contributed by atoms with Gasteiger partial charge in [-0.25, -0.2) is 0 Å². The molecule has 0 radical (unpaired) electrons. The molecule has 0 amide bonds. The lowest BCUT2D eigenvalue weighted by molar-refractivity contribution is 0.103. The Balaban J connectivity index is 0.000000293. The third-order valence-electron chi connectivity index (χ3n) is 11.9. The molecular weight excluding hydrogens is 1040 g/mol. The van der Waals surface area contributed by atoms with Gasteiger partial charge in [-0.15, -0.1) is 0 Å². The minimum atomic E-state index is -0.482. The van der Waals surface area contributed by atoms with Crippen LogP contribution in [0.1, 0.15) is 125 Å². The molecule has 83 heavy (non-hydrogen) atoms. The van der Waals surface area contributed by atoms with Crippen LogP contribution in [0.5, 0.6) is 40.2 Å². The van der Waals surface area contributed by atoms with E-state index in [1.807, 2.05) is 149 Å². The summed E-state index contributed by atoms with van der Waals surface area (Å²) in [6, 6.07) is 42.2. The maximum Gasteiger partial charge on any atom is 0.193 e. The van der Waals surface area contributed by atoms with Crippen molar-refractivity contribution in [2.45, 2.75) is 94.4 Å². The normalized spacial score (nSPS) is 10.6. The lowest BCUT2D eigenvalue weighted by Gasteiger charge is -2.09. The highest BCUT2D eigenvalue weighted by atomic mass is 16.5. The van der Waals surface area contributed by atoms with E-state index in [1.54, 1.807) is 24.3 Å². The molecule has 0 bridgehead atoms. The molecule has 440 valence electrons. The van der Waals surface area contributed by atoms with E-state index >= 15 is 0 Å². The van der Waals surface area contributed by atoms with E-state index in [0.29, 0.717) is 44.3 Å². The molecule has 0 fully saturated rings. The summed E-state index contributed by atoms with van der Waals surface area (Å²) >= 11 is 0. The van der Waals surface area contributed by atoms with E-state index in [-0.39, 0.29) is 47.4 Å². The molecule has 6 aromatic carbocycles. The number of aliphatic hydroxyl groups is 2. The number of hydrogen-bond acceptors (Lipinski definition) is 11. The molecule has 0 aliphatic heterocycles. The molecule has 0 saturated heterocycles. The number of allylic oxidation sites excluding steroid dienone is 8. The molecule has 11 nitrogen and oxygen atoms in total. The van der Waals surface area contributed by atoms with Crippen LogP contribution in [0, 0.1) is 0 Å². The summed E-state index contributed by atoms with van der Waals surface area (Å²) in [6.45, 7) is 20.8. The second-order valence-electron chi connectivity index (χ2n) is 20.3. The highest BCUT2D eigenvalue weighted by Crippen LogP contribution is 2.33. The first kappa shape index (κ1) is 68.6. The van der Waals surface area contributed by atoms with Crippen molar-refractivity contribution >= 4 is 23.7 Å². The molecule has 0 aromatic heterocycles. The van der Waals surface area contributed by atoms with Gasteiger partial charge in [0.2, 0.25) is 0 Å². The Labute approximate surface area is 493 Å². The highest BCUT2D eigenvalue weighted by Gasteiger charge is 2.16. The van der Waals surface area contributed by atoms with Gasteiger partial charge in [0.15, 0.2) is 11.6 Å². The van der Waals surface area contributed by atoms with Gasteiger partial charge in [0.25, 0.3) is 0 Å². The molecule has 11 heteroatoms. The minimum absolute atomic E-state index is 0.0811. The second-order valence-corrected chi connectivity index (χ2v) is 20.3. The molecule has 0 unspecified atom stereocenters. The summed E-state index contributed by atoms with van der Waals surface area (Å²) < 4.78 is 22.1. The van der Waals surface area contributed by atoms with E-state index in [9.17, 15) is 24.9 Å². The van der Waals surface area contributed by atoms with Crippen molar-refractivity contribution in [3.63, 3.8) is 0 Å². The van der Waals surface area contributed by atoms with Crippen molar-refractivity contribution in [2.75, 3.05) is 39.6 Å². The van der Waals surface area contributed by atoms with E-state index < -0.39 is 5.78 Å². The van der Waals surface area contributed by atoms with Crippen LogP contribution in [0.4, 0.5) is 0 Å². The molecule has 0 spiro atoms. The fourth-order valence-corrected chi connectivity index (χ4v) is 7.18. The molecule has 0 atom stereocenters. The third kappa shape index (κ3) is 30.1. The Kier molecular flexibility index (Phi) is 32.8. The Hall–Kier alpha value is -8.64. The number of aryl methyl sites for hydroxylation is 1. The number of phenols is 3. The number of phenolic OH excluding ortho intramolecular Hbond substituents is 3. The summed E-state index contributed by atoms with van der Waals surface area (Å²) in [7, 11) is 0.